The van der Waals surface area contributed by atoms with E-state index in [1.165, 1.54) is 0 Å². The van der Waals surface area contributed by atoms with Gasteiger partial charge in [0, 0.05) is 38.2 Å². The first kappa shape index (κ1) is 19.7. The first-order chi connectivity index (χ1) is 13.7. The molecule has 6 heteroatoms. The zero-order valence-electron chi connectivity index (χ0n) is 16.2. The van der Waals surface area contributed by atoms with Gasteiger partial charge in [-0.05, 0) is 36.8 Å². The smallest absolute Gasteiger partial charge is 0.254 e. The monoisotopic (exact) mass is 382 g/mol. The summed E-state index contributed by atoms with van der Waals surface area (Å²) in [5.41, 5.74) is 0.609. The van der Waals surface area contributed by atoms with Crippen LogP contribution < -0.4 is 9.47 Å². The third-order valence-corrected chi connectivity index (χ3v) is 4.78. The van der Waals surface area contributed by atoms with Gasteiger partial charge >= 0.3 is 0 Å². The van der Waals surface area contributed by atoms with Crippen LogP contribution in [0.1, 0.15) is 23.2 Å². The van der Waals surface area contributed by atoms with E-state index < -0.39 is 0 Å². The molecule has 0 unspecified atom stereocenters. The number of nitrogens with zero attached hydrogens (tertiary/aromatic N) is 2. The van der Waals surface area contributed by atoms with Gasteiger partial charge in [0.05, 0.1) is 13.7 Å². The van der Waals surface area contributed by atoms with Gasteiger partial charge in [-0.15, -0.1) is 0 Å². The Bertz CT molecular complexity index is 786. The molecule has 148 valence electrons. The molecule has 3 rings (SSSR count). The fourth-order valence-corrected chi connectivity index (χ4v) is 3.19. The SMILES string of the molecule is COc1cccc(C(=O)N2CCN(C(=O)CCCOc3ccccc3)CC2)c1. The Kier molecular flexibility index (Phi) is 6.89. The molecule has 2 aromatic rings. The molecule has 0 atom stereocenters. The van der Waals surface area contributed by atoms with Gasteiger partial charge in [-0.1, -0.05) is 24.3 Å². The highest BCUT2D eigenvalue weighted by atomic mass is 16.5. The van der Waals surface area contributed by atoms with Crippen molar-refractivity contribution in [2.45, 2.75) is 12.8 Å². The van der Waals surface area contributed by atoms with Crippen LogP contribution in [0.15, 0.2) is 54.6 Å². The second-order valence-corrected chi connectivity index (χ2v) is 6.67. The van der Waals surface area contributed by atoms with E-state index in [9.17, 15) is 9.59 Å². The average molecular weight is 382 g/mol. The number of ether oxygens (including phenoxy) is 2. The molecule has 0 spiro atoms. The van der Waals surface area contributed by atoms with Gasteiger partial charge in [-0.2, -0.15) is 0 Å². The third kappa shape index (κ3) is 5.25. The van der Waals surface area contributed by atoms with Crippen molar-refractivity contribution in [2.75, 3.05) is 39.9 Å². The molecule has 6 nitrogen and oxygen atoms in total. The second kappa shape index (κ2) is 9.78. The molecule has 0 N–H and O–H groups in total. The highest BCUT2D eigenvalue weighted by molar-refractivity contribution is 5.94. The number of para-hydroxylation sites is 1. The molecule has 0 saturated carbocycles. The lowest BCUT2D eigenvalue weighted by atomic mass is 10.1. The van der Waals surface area contributed by atoms with Gasteiger partial charge < -0.3 is 19.3 Å². The van der Waals surface area contributed by atoms with Crippen LogP contribution in [-0.2, 0) is 4.79 Å². The topological polar surface area (TPSA) is 59.1 Å². The predicted molar refractivity (Wildman–Crippen MR) is 107 cm³/mol. The van der Waals surface area contributed by atoms with Crippen LogP contribution in [0, 0.1) is 0 Å². The number of hydrogen-bond acceptors (Lipinski definition) is 4. The molecule has 1 fully saturated rings. The van der Waals surface area contributed by atoms with Crippen molar-refractivity contribution >= 4 is 11.8 Å². The van der Waals surface area contributed by atoms with E-state index in [0.717, 1.165) is 5.75 Å². The predicted octanol–water partition coefficient (Wildman–Crippen LogP) is 2.84. The van der Waals surface area contributed by atoms with Crippen molar-refractivity contribution in [3.05, 3.63) is 60.2 Å². The zero-order chi connectivity index (χ0) is 19.8. The molecule has 0 radical (unpaired) electrons. The Hall–Kier alpha value is -3.02. The third-order valence-electron chi connectivity index (χ3n) is 4.78. The van der Waals surface area contributed by atoms with E-state index in [-0.39, 0.29) is 11.8 Å². The number of piperazine rings is 1. The number of methoxy groups -OCH3 is 1. The number of rotatable bonds is 7. The Morgan fingerprint density at radius 3 is 2.29 bits per heavy atom. The number of hydrogen-bond donors (Lipinski definition) is 0. The number of amides is 2. The van der Waals surface area contributed by atoms with E-state index in [0.29, 0.717) is 56.9 Å². The normalized spacial score (nSPS) is 13.9. The minimum Gasteiger partial charge on any atom is -0.497 e. The minimum atomic E-state index is -0.0257. The first-order valence-electron chi connectivity index (χ1n) is 9.56. The van der Waals surface area contributed by atoms with Gasteiger partial charge in [-0.3, -0.25) is 9.59 Å². The fraction of sp³-hybridized carbons (Fsp3) is 0.364. The van der Waals surface area contributed by atoms with Crippen molar-refractivity contribution in [1.82, 2.24) is 9.80 Å². The molecule has 0 aromatic heterocycles. The van der Waals surface area contributed by atoms with E-state index in [4.69, 9.17) is 9.47 Å². The van der Waals surface area contributed by atoms with E-state index in [1.54, 1.807) is 24.1 Å². The van der Waals surface area contributed by atoms with Crippen LogP contribution in [0.4, 0.5) is 0 Å². The summed E-state index contributed by atoms with van der Waals surface area (Å²) in [6.07, 6.45) is 1.13. The summed E-state index contributed by atoms with van der Waals surface area (Å²) < 4.78 is 10.8. The van der Waals surface area contributed by atoms with Gasteiger partial charge in [0.25, 0.3) is 5.91 Å². The molecular formula is C22H26N2O4. The average Bonchev–Trinajstić information content (AvgIpc) is 2.77. The largest absolute Gasteiger partial charge is 0.497 e. The molecular weight excluding hydrogens is 356 g/mol. The summed E-state index contributed by atoms with van der Waals surface area (Å²) in [6.45, 7) is 2.73. The molecule has 0 aliphatic carbocycles. The quantitative estimate of drug-likeness (QED) is 0.691. The number of carbonyl (C=O) groups excluding carboxylic acids is 2. The van der Waals surface area contributed by atoms with Crippen molar-refractivity contribution in [2.24, 2.45) is 0 Å². The molecule has 1 heterocycles. The van der Waals surface area contributed by atoms with Crippen LogP contribution in [0.3, 0.4) is 0 Å². The van der Waals surface area contributed by atoms with Crippen molar-refractivity contribution in [3.8, 4) is 11.5 Å². The summed E-state index contributed by atoms with van der Waals surface area (Å²) in [5.74, 6) is 1.57. The summed E-state index contributed by atoms with van der Waals surface area (Å²) in [5, 5.41) is 0. The van der Waals surface area contributed by atoms with E-state index >= 15 is 0 Å². The summed E-state index contributed by atoms with van der Waals surface area (Å²) in [7, 11) is 1.58. The minimum absolute atomic E-state index is 0.0257. The van der Waals surface area contributed by atoms with E-state index in [2.05, 4.69) is 0 Å². The Morgan fingerprint density at radius 1 is 0.893 bits per heavy atom. The summed E-state index contributed by atoms with van der Waals surface area (Å²) >= 11 is 0. The molecule has 1 aliphatic heterocycles. The highest BCUT2D eigenvalue weighted by Crippen LogP contribution is 2.16. The number of carbonyl (C=O) groups is 2. The standard InChI is InChI=1S/C22H26N2O4/c1-27-20-10-5-7-18(17-20)22(26)24-14-12-23(13-15-24)21(25)11-6-16-28-19-8-3-2-4-9-19/h2-5,7-10,17H,6,11-16H2,1H3. The van der Waals surface area contributed by atoms with Crippen LogP contribution in [0.2, 0.25) is 0 Å². The Balaban J connectivity index is 1.40. The fourth-order valence-electron chi connectivity index (χ4n) is 3.19. The van der Waals surface area contributed by atoms with Crippen molar-refractivity contribution in [1.29, 1.82) is 0 Å². The maximum absolute atomic E-state index is 12.6. The van der Waals surface area contributed by atoms with Crippen LogP contribution in [-0.4, -0.2) is 61.5 Å². The lowest BCUT2D eigenvalue weighted by molar-refractivity contribution is -0.132. The lowest BCUT2D eigenvalue weighted by Crippen LogP contribution is -2.50. The molecule has 28 heavy (non-hydrogen) atoms. The van der Waals surface area contributed by atoms with Crippen molar-refractivity contribution < 1.29 is 19.1 Å². The van der Waals surface area contributed by atoms with Gasteiger partial charge in [0.1, 0.15) is 11.5 Å². The number of benzene rings is 2. The molecule has 2 aromatic carbocycles. The van der Waals surface area contributed by atoms with Crippen LogP contribution in [0.25, 0.3) is 0 Å². The van der Waals surface area contributed by atoms with E-state index in [1.807, 2.05) is 47.4 Å². The Morgan fingerprint density at radius 2 is 1.57 bits per heavy atom. The molecule has 1 aliphatic rings. The lowest BCUT2D eigenvalue weighted by Gasteiger charge is -2.35. The first-order valence-corrected chi connectivity index (χ1v) is 9.56. The zero-order valence-corrected chi connectivity index (χ0v) is 16.2. The maximum Gasteiger partial charge on any atom is 0.254 e. The van der Waals surface area contributed by atoms with Gasteiger partial charge in [0.2, 0.25) is 5.91 Å². The highest BCUT2D eigenvalue weighted by Gasteiger charge is 2.24. The van der Waals surface area contributed by atoms with Crippen molar-refractivity contribution in [3.63, 3.8) is 0 Å². The van der Waals surface area contributed by atoms with Crippen LogP contribution >= 0.6 is 0 Å². The summed E-state index contributed by atoms with van der Waals surface area (Å²) in [4.78, 5) is 28.7. The molecule has 1 saturated heterocycles. The van der Waals surface area contributed by atoms with Crippen LogP contribution in [0.5, 0.6) is 11.5 Å². The second-order valence-electron chi connectivity index (χ2n) is 6.67. The maximum atomic E-state index is 12.6. The Labute approximate surface area is 165 Å². The summed E-state index contributed by atoms with van der Waals surface area (Å²) in [6, 6.07) is 16.7. The van der Waals surface area contributed by atoms with Gasteiger partial charge in [-0.25, -0.2) is 0 Å². The van der Waals surface area contributed by atoms with Gasteiger partial charge in [0.15, 0.2) is 0 Å². The molecule has 2 amide bonds. The molecule has 0 bridgehead atoms.